The minimum atomic E-state index is -0.801. The third-order valence-corrected chi connectivity index (χ3v) is 8.07. The Morgan fingerprint density at radius 2 is 2.08 bits per heavy atom. The van der Waals surface area contributed by atoms with Gasteiger partial charge in [-0.3, -0.25) is 9.69 Å². The van der Waals surface area contributed by atoms with Crippen LogP contribution in [0.2, 0.25) is 0 Å². The number of aromatic nitrogens is 3. The normalized spacial score (nSPS) is 15.4. The van der Waals surface area contributed by atoms with Crippen LogP contribution < -0.4 is 15.6 Å². The first kappa shape index (κ1) is 27.1. The van der Waals surface area contributed by atoms with Gasteiger partial charge in [-0.05, 0) is 95.7 Å². The molecule has 0 saturated carbocycles. The number of imidazole rings is 1. The summed E-state index contributed by atoms with van der Waals surface area (Å²) >= 11 is 3.46. The Morgan fingerprint density at radius 1 is 1.28 bits per heavy atom. The molecule has 39 heavy (non-hydrogen) atoms. The monoisotopic (exact) mass is 592 g/mol. The average Bonchev–Trinajstić information content (AvgIpc) is 3.36. The van der Waals surface area contributed by atoms with E-state index in [-0.39, 0.29) is 12.1 Å². The summed E-state index contributed by atoms with van der Waals surface area (Å²) in [7, 11) is 1.59. The van der Waals surface area contributed by atoms with E-state index in [4.69, 9.17) is 15.1 Å². The number of aliphatic hydroxyl groups excluding tert-OH is 1. The number of nitrogens with one attached hydrogen (secondary N) is 4. The number of aliphatic hydroxyl groups is 1. The van der Waals surface area contributed by atoms with Crippen LogP contribution in [0.5, 0.6) is 5.75 Å². The number of hydrogen-bond donors (Lipinski definition) is 5. The van der Waals surface area contributed by atoms with E-state index in [0.29, 0.717) is 35.3 Å². The Bertz CT molecular complexity index is 1540. The first-order valence-corrected chi connectivity index (χ1v) is 13.9. The molecule has 10 heteroatoms. The van der Waals surface area contributed by atoms with Crippen molar-refractivity contribution in [1.29, 1.82) is 5.41 Å². The maximum atomic E-state index is 13.0. The van der Waals surface area contributed by atoms with Crippen LogP contribution in [0.1, 0.15) is 41.6 Å². The van der Waals surface area contributed by atoms with Crippen LogP contribution >= 0.6 is 15.9 Å². The van der Waals surface area contributed by atoms with Crippen LogP contribution in [0.3, 0.4) is 0 Å². The third-order valence-electron chi connectivity index (χ3n) is 7.45. The van der Waals surface area contributed by atoms with Crippen LogP contribution in [0.4, 0.5) is 5.69 Å². The molecule has 0 radical (unpaired) electrons. The van der Waals surface area contributed by atoms with Gasteiger partial charge in [-0.25, -0.2) is 4.98 Å². The van der Waals surface area contributed by atoms with E-state index in [9.17, 15) is 9.90 Å². The van der Waals surface area contributed by atoms with Gasteiger partial charge in [-0.1, -0.05) is 12.1 Å². The van der Waals surface area contributed by atoms with Gasteiger partial charge in [0.2, 0.25) is 0 Å². The average molecular weight is 594 g/mol. The molecule has 4 aromatic rings. The number of benzene rings is 2. The van der Waals surface area contributed by atoms with Crippen molar-refractivity contribution in [2.24, 2.45) is 0 Å². The summed E-state index contributed by atoms with van der Waals surface area (Å²) in [6.07, 6.45) is 4.36. The van der Waals surface area contributed by atoms with E-state index in [0.717, 1.165) is 52.6 Å². The third kappa shape index (κ3) is 5.78. The van der Waals surface area contributed by atoms with Crippen LogP contribution in [0, 0.1) is 12.3 Å². The minimum Gasteiger partial charge on any atom is -0.496 e. The molecule has 1 saturated heterocycles. The molecule has 0 spiro atoms. The molecule has 204 valence electrons. The predicted molar refractivity (Wildman–Crippen MR) is 158 cm³/mol. The van der Waals surface area contributed by atoms with Gasteiger partial charge in [0.05, 0.1) is 34.4 Å². The maximum absolute atomic E-state index is 13.0. The predicted octanol–water partition coefficient (Wildman–Crippen LogP) is 4.97. The number of aromatic amines is 2. The van der Waals surface area contributed by atoms with Gasteiger partial charge in [0.1, 0.15) is 17.1 Å². The summed E-state index contributed by atoms with van der Waals surface area (Å²) in [4.78, 5) is 26.2. The molecule has 1 atom stereocenters. The summed E-state index contributed by atoms with van der Waals surface area (Å²) in [6.45, 7) is 4.94. The quantitative estimate of drug-likeness (QED) is 0.174. The summed E-state index contributed by atoms with van der Waals surface area (Å²) in [5.74, 6) is 1.63. The van der Waals surface area contributed by atoms with Crippen molar-refractivity contribution in [1.82, 2.24) is 19.9 Å². The Balaban J connectivity index is 1.39. The van der Waals surface area contributed by atoms with Crippen LogP contribution in [0.25, 0.3) is 22.4 Å². The van der Waals surface area contributed by atoms with Gasteiger partial charge in [0, 0.05) is 25.5 Å². The highest BCUT2D eigenvalue weighted by molar-refractivity contribution is 9.10. The summed E-state index contributed by atoms with van der Waals surface area (Å²) in [6, 6.07) is 11.6. The van der Waals surface area contributed by atoms with Crippen molar-refractivity contribution in [3.8, 4) is 17.1 Å². The zero-order valence-electron chi connectivity index (χ0n) is 22.1. The molecule has 3 heterocycles. The molecular weight excluding hydrogens is 560 g/mol. The van der Waals surface area contributed by atoms with E-state index >= 15 is 0 Å². The molecule has 1 fully saturated rings. The van der Waals surface area contributed by atoms with Gasteiger partial charge < -0.3 is 30.5 Å². The SMILES string of the molecule is COc1ccc([C@H](O)CNc2cc[nH]c(=O)c2-c2nc3c(C)cc(C4CCN(CC=N)CC4)cc3[nH]2)cc1Br. The second kappa shape index (κ2) is 11.7. The van der Waals surface area contributed by atoms with Crippen molar-refractivity contribution < 1.29 is 9.84 Å². The topological polar surface area (TPSA) is 130 Å². The molecule has 5 N–H and O–H groups in total. The number of fused-ring (bicyclic) bond motifs is 1. The first-order valence-electron chi connectivity index (χ1n) is 13.1. The second-order valence-corrected chi connectivity index (χ2v) is 10.8. The lowest BCUT2D eigenvalue weighted by molar-refractivity contribution is 0.191. The highest BCUT2D eigenvalue weighted by Gasteiger charge is 2.22. The molecule has 0 unspecified atom stereocenters. The second-order valence-electron chi connectivity index (χ2n) is 9.98. The van der Waals surface area contributed by atoms with Crippen LogP contribution in [0.15, 0.2) is 51.9 Å². The zero-order chi connectivity index (χ0) is 27.5. The fourth-order valence-electron chi connectivity index (χ4n) is 5.33. The molecule has 0 bridgehead atoms. The molecule has 2 aromatic carbocycles. The van der Waals surface area contributed by atoms with E-state index < -0.39 is 6.10 Å². The van der Waals surface area contributed by atoms with Gasteiger partial charge >= 0.3 is 0 Å². The number of anilines is 1. The number of methoxy groups -OCH3 is 1. The van der Waals surface area contributed by atoms with E-state index in [1.807, 2.05) is 12.1 Å². The largest absolute Gasteiger partial charge is 0.496 e. The van der Waals surface area contributed by atoms with Gasteiger partial charge in [0.15, 0.2) is 0 Å². The number of aryl methyl sites for hydroxylation is 1. The molecule has 1 aliphatic heterocycles. The van der Waals surface area contributed by atoms with Gasteiger partial charge in [-0.2, -0.15) is 0 Å². The lowest BCUT2D eigenvalue weighted by Gasteiger charge is -2.31. The van der Waals surface area contributed by atoms with E-state index in [1.165, 1.54) is 11.8 Å². The Labute approximate surface area is 235 Å². The highest BCUT2D eigenvalue weighted by Crippen LogP contribution is 2.33. The number of H-pyrrole nitrogens is 2. The molecule has 2 aromatic heterocycles. The van der Waals surface area contributed by atoms with Crippen molar-refractivity contribution in [2.75, 3.05) is 38.6 Å². The summed E-state index contributed by atoms with van der Waals surface area (Å²) in [5.41, 5.74) is 5.52. The number of nitrogens with zero attached hydrogens (tertiary/aromatic N) is 2. The van der Waals surface area contributed by atoms with Crippen molar-refractivity contribution in [3.63, 3.8) is 0 Å². The highest BCUT2D eigenvalue weighted by atomic mass is 79.9. The number of hydrogen-bond acceptors (Lipinski definition) is 7. The Morgan fingerprint density at radius 3 is 2.79 bits per heavy atom. The number of piperidine rings is 1. The minimum absolute atomic E-state index is 0.204. The molecule has 0 aliphatic carbocycles. The summed E-state index contributed by atoms with van der Waals surface area (Å²) < 4.78 is 6.03. The standard InChI is InChI=1S/C29H33BrN6O3/c1-17-13-20(18-6-10-36(11-7-18)12-8-31)15-23-27(17)35-28(34-23)26-22(5-9-32-29(26)38)33-16-24(37)19-3-4-25(39-2)21(30)14-19/h3-5,8-9,13-15,18,24,31,37H,6-7,10-12,16H2,1-2H3,(H,34,35)(H2,32,33,38)/t24-/m1/s1. The Kier molecular flexibility index (Phi) is 8.15. The maximum Gasteiger partial charge on any atom is 0.261 e. The lowest BCUT2D eigenvalue weighted by atomic mass is 9.88. The van der Waals surface area contributed by atoms with Crippen LogP contribution in [-0.2, 0) is 0 Å². The number of pyridine rings is 1. The van der Waals surface area contributed by atoms with Crippen molar-refractivity contribution in [2.45, 2.75) is 31.8 Å². The molecular formula is C29H33BrN6O3. The van der Waals surface area contributed by atoms with E-state index in [1.54, 1.807) is 25.4 Å². The summed E-state index contributed by atoms with van der Waals surface area (Å²) in [5, 5.41) is 21.4. The van der Waals surface area contributed by atoms with Gasteiger partial charge in [-0.15, -0.1) is 0 Å². The lowest BCUT2D eigenvalue weighted by Crippen LogP contribution is -2.34. The molecule has 5 rings (SSSR count). The first-order chi connectivity index (χ1) is 18.9. The van der Waals surface area contributed by atoms with E-state index in [2.05, 4.69) is 55.2 Å². The molecule has 1 aliphatic rings. The fraction of sp³-hybridized carbons (Fsp3) is 0.345. The number of likely N-dealkylation sites (tertiary alicyclic amines) is 1. The number of ether oxygens (including phenoxy) is 1. The number of halogens is 1. The van der Waals surface area contributed by atoms with Crippen molar-refractivity contribution >= 4 is 38.9 Å². The smallest absolute Gasteiger partial charge is 0.261 e. The number of rotatable bonds is 9. The molecule has 9 nitrogen and oxygen atoms in total. The van der Waals surface area contributed by atoms with Crippen molar-refractivity contribution in [3.05, 3.63) is 74.1 Å². The Hall–Kier alpha value is -3.47. The van der Waals surface area contributed by atoms with Gasteiger partial charge in [0.25, 0.3) is 5.56 Å². The molecule has 0 amide bonds. The fourth-order valence-corrected chi connectivity index (χ4v) is 5.88. The van der Waals surface area contributed by atoms with Crippen LogP contribution in [-0.4, -0.2) is 64.5 Å². The zero-order valence-corrected chi connectivity index (χ0v) is 23.6.